The average molecular weight is 304 g/mol. The van der Waals surface area contributed by atoms with Crippen molar-refractivity contribution in [2.24, 2.45) is 0 Å². The zero-order valence-corrected chi connectivity index (χ0v) is 14.3. The molecule has 1 aromatic heterocycles. The summed E-state index contributed by atoms with van der Waals surface area (Å²) in [4.78, 5) is 12.5. The van der Waals surface area contributed by atoms with Crippen molar-refractivity contribution in [2.75, 3.05) is 12.3 Å². The number of aryl methyl sites for hydroxylation is 1. The SMILES string of the molecule is Cc1cn(COCC[Si](C)(C)C)c(=O)c2cc(N)ccc12. The molecule has 1 aromatic carbocycles. The van der Waals surface area contributed by atoms with Gasteiger partial charge in [-0.1, -0.05) is 25.7 Å². The summed E-state index contributed by atoms with van der Waals surface area (Å²) in [6, 6.07) is 6.56. The summed E-state index contributed by atoms with van der Waals surface area (Å²) in [6.07, 6.45) is 1.86. The van der Waals surface area contributed by atoms with Gasteiger partial charge in [-0.25, -0.2) is 0 Å². The molecular formula is C16H24N2O2Si. The zero-order chi connectivity index (χ0) is 15.6. The first kappa shape index (κ1) is 15.8. The fourth-order valence-electron chi connectivity index (χ4n) is 2.24. The minimum atomic E-state index is -1.10. The van der Waals surface area contributed by atoms with Gasteiger partial charge in [0.1, 0.15) is 6.73 Å². The lowest BCUT2D eigenvalue weighted by Crippen LogP contribution is -2.25. The molecule has 2 N–H and O–H groups in total. The van der Waals surface area contributed by atoms with E-state index in [4.69, 9.17) is 10.5 Å². The van der Waals surface area contributed by atoms with E-state index in [9.17, 15) is 4.79 Å². The summed E-state index contributed by atoms with van der Waals surface area (Å²) in [7, 11) is -1.10. The van der Waals surface area contributed by atoms with Crippen molar-refractivity contribution < 1.29 is 4.74 Å². The molecule has 0 aliphatic carbocycles. The summed E-state index contributed by atoms with van der Waals surface area (Å²) in [5, 5.41) is 1.61. The number of pyridine rings is 1. The Hall–Kier alpha value is -1.59. The monoisotopic (exact) mass is 304 g/mol. The highest BCUT2D eigenvalue weighted by molar-refractivity contribution is 6.76. The molecule has 0 radical (unpaired) electrons. The molecule has 4 nitrogen and oxygen atoms in total. The van der Waals surface area contributed by atoms with E-state index >= 15 is 0 Å². The highest BCUT2D eigenvalue weighted by atomic mass is 28.3. The second-order valence-electron chi connectivity index (χ2n) is 6.74. The first-order valence-corrected chi connectivity index (χ1v) is 11.0. The molecule has 0 atom stereocenters. The maximum Gasteiger partial charge on any atom is 0.260 e. The van der Waals surface area contributed by atoms with Crippen LogP contribution in [0.15, 0.2) is 29.2 Å². The van der Waals surface area contributed by atoms with Crippen molar-refractivity contribution in [2.45, 2.75) is 39.3 Å². The predicted molar refractivity (Wildman–Crippen MR) is 91.5 cm³/mol. The van der Waals surface area contributed by atoms with Crippen molar-refractivity contribution in [3.63, 3.8) is 0 Å². The second kappa shape index (κ2) is 6.03. The van der Waals surface area contributed by atoms with Crippen LogP contribution in [0.25, 0.3) is 10.8 Å². The van der Waals surface area contributed by atoms with Crippen LogP contribution in [0.1, 0.15) is 5.56 Å². The number of benzene rings is 1. The van der Waals surface area contributed by atoms with Crippen LogP contribution in [-0.2, 0) is 11.5 Å². The van der Waals surface area contributed by atoms with E-state index < -0.39 is 8.07 Å². The highest BCUT2D eigenvalue weighted by Gasteiger charge is 2.12. The first-order chi connectivity index (χ1) is 9.78. The van der Waals surface area contributed by atoms with Crippen LogP contribution >= 0.6 is 0 Å². The Morgan fingerprint density at radius 2 is 1.95 bits per heavy atom. The van der Waals surface area contributed by atoms with Gasteiger partial charge in [-0.3, -0.25) is 9.36 Å². The topological polar surface area (TPSA) is 57.2 Å². The number of nitrogen functional groups attached to an aromatic ring is 1. The molecule has 0 saturated carbocycles. The maximum absolute atomic E-state index is 12.5. The summed E-state index contributed by atoms with van der Waals surface area (Å²) < 4.78 is 7.30. The standard InChI is InChI=1S/C16H24N2O2Si/c1-12-10-18(11-20-7-8-21(2,3)4)16(19)15-9-13(17)5-6-14(12)15/h5-6,9-10H,7-8,11,17H2,1-4H3. The fraction of sp³-hybridized carbons (Fsp3) is 0.438. The van der Waals surface area contributed by atoms with Gasteiger partial charge >= 0.3 is 0 Å². The van der Waals surface area contributed by atoms with Crippen LogP contribution in [0.5, 0.6) is 0 Å². The molecule has 0 saturated heterocycles. The number of nitrogens with two attached hydrogens (primary N) is 1. The summed E-state index contributed by atoms with van der Waals surface area (Å²) in [5.41, 5.74) is 7.40. The average Bonchev–Trinajstić information content (AvgIpc) is 2.38. The second-order valence-corrected chi connectivity index (χ2v) is 12.4. The van der Waals surface area contributed by atoms with E-state index in [2.05, 4.69) is 19.6 Å². The number of rotatable bonds is 5. The summed E-state index contributed by atoms with van der Waals surface area (Å²) in [5.74, 6) is 0. The molecule has 2 aromatic rings. The van der Waals surface area contributed by atoms with Gasteiger partial charge < -0.3 is 10.5 Å². The number of ether oxygens (including phenoxy) is 1. The van der Waals surface area contributed by atoms with E-state index in [0.717, 1.165) is 17.0 Å². The van der Waals surface area contributed by atoms with Crippen LogP contribution < -0.4 is 11.3 Å². The normalized spacial score (nSPS) is 12.0. The highest BCUT2D eigenvalue weighted by Crippen LogP contribution is 2.17. The van der Waals surface area contributed by atoms with Crippen molar-refractivity contribution >= 4 is 24.5 Å². The smallest absolute Gasteiger partial charge is 0.260 e. The Morgan fingerprint density at radius 1 is 1.24 bits per heavy atom. The Labute approximate surface area is 126 Å². The van der Waals surface area contributed by atoms with E-state index in [-0.39, 0.29) is 5.56 Å². The third-order valence-corrected chi connectivity index (χ3v) is 5.24. The third kappa shape index (κ3) is 3.95. The number of hydrogen-bond acceptors (Lipinski definition) is 3. The van der Waals surface area contributed by atoms with Crippen molar-refractivity contribution in [1.29, 1.82) is 0 Å². The minimum Gasteiger partial charge on any atom is -0.399 e. The number of aromatic nitrogens is 1. The Kier molecular flexibility index (Phi) is 4.54. The number of fused-ring (bicyclic) bond motifs is 1. The molecule has 0 unspecified atom stereocenters. The number of hydrogen-bond donors (Lipinski definition) is 1. The Bertz CT molecular complexity index is 702. The Balaban J connectivity index is 2.21. The van der Waals surface area contributed by atoms with E-state index in [1.807, 2.05) is 25.3 Å². The lowest BCUT2D eigenvalue weighted by Gasteiger charge is -2.16. The van der Waals surface area contributed by atoms with E-state index in [1.165, 1.54) is 0 Å². The van der Waals surface area contributed by atoms with Gasteiger partial charge in [0.05, 0.1) is 0 Å². The molecule has 5 heteroatoms. The molecular weight excluding hydrogens is 280 g/mol. The van der Waals surface area contributed by atoms with Crippen LogP contribution in [0, 0.1) is 6.92 Å². The largest absolute Gasteiger partial charge is 0.399 e. The van der Waals surface area contributed by atoms with E-state index in [1.54, 1.807) is 10.6 Å². The lowest BCUT2D eigenvalue weighted by atomic mass is 10.1. The van der Waals surface area contributed by atoms with Crippen LogP contribution in [0.3, 0.4) is 0 Å². The Morgan fingerprint density at radius 3 is 2.62 bits per heavy atom. The summed E-state index contributed by atoms with van der Waals surface area (Å²) in [6.45, 7) is 9.93. The van der Waals surface area contributed by atoms with E-state index in [0.29, 0.717) is 24.4 Å². The third-order valence-electron chi connectivity index (χ3n) is 3.54. The molecule has 21 heavy (non-hydrogen) atoms. The number of nitrogens with zero attached hydrogens (tertiary/aromatic N) is 1. The van der Waals surface area contributed by atoms with Gasteiger partial charge in [-0.2, -0.15) is 0 Å². The van der Waals surface area contributed by atoms with Crippen LogP contribution in [0.2, 0.25) is 25.7 Å². The minimum absolute atomic E-state index is 0.0455. The van der Waals surface area contributed by atoms with Crippen LogP contribution in [-0.4, -0.2) is 19.2 Å². The summed E-state index contributed by atoms with van der Waals surface area (Å²) >= 11 is 0. The zero-order valence-electron chi connectivity index (χ0n) is 13.3. The molecule has 0 aliphatic heterocycles. The molecule has 0 bridgehead atoms. The lowest BCUT2D eigenvalue weighted by molar-refractivity contribution is 0.0850. The predicted octanol–water partition coefficient (Wildman–Crippen LogP) is 3.20. The molecule has 1 heterocycles. The molecule has 0 fully saturated rings. The maximum atomic E-state index is 12.5. The van der Waals surface area contributed by atoms with Crippen molar-refractivity contribution in [3.05, 3.63) is 40.3 Å². The molecule has 114 valence electrons. The molecule has 0 aliphatic rings. The quantitative estimate of drug-likeness (QED) is 0.524. The van der Waals surface area contributed by atoms with Crippen LogP contribution in [0.4, 0.5) is 5.69 Å². The van der Waals surface area contributed by atoms with Gasteiger partial charge in [0.15, 0.2) is 0 Å². The van der Waals surface area contributed by atoms with Crippen molar-refractivity contribution in [3.8, 4) is 0 Å². The van der Waals surface area contributed by atoms with Gasteiger partial charge in [-0.05, 0) is 36.1 Å². The molecule has 0 amide bonds. The number of anilines is 1. The van der Waals surface area contributed by atoms with Crippen molar-refractivity contribution in [1.82, 2.24) is 4.57 Å². The molecule has 0 spiro atoms. The van der Waals surface area contributed by atoms with Gasteiger partial charge in [-0.15, -0.1) is 0 Å². The van der Waals surface area contributed by atoms with Gasteiger partial charge in [0.2, 0.25) is 0 Å². The fourth-order valence-corrected chi connectivity index (χ4v) is 2.99. The first-order valence-electron chi connectivity index (χ1n) is 7.25. The molecule has 2 rings (SSSR count). The van der Waals surface area contributed by atoms with Gasteiger partial charge in [0.25, 0.3) is 5.56 Å². The van der Waals surface area contributed by atoms with Gasteiger partial charge in [0, 0.05) is 32.0 Å².